The number of likely N-dealkylation sites (N-methyl/N-ethyl adjacent to an activating group) is 1. The number of ether oxygens (including phenoxy) is 1. The molecule has 0 spiro atoms. The minimum Gasteiger partial charge on any atom is -0.490 e. The zero-order valence-corrected chi connectivity index (χ0v) is 23.0. The van der Waals surface area contributed by atoms with Gasteiger partial charge in [-0.15, -0.1) is 0 Å². The summed E-state index contributed by atoms with van der Waals surface area (Å²) in [6.07, 6.45) is 6.31. The van der Waals surface area contributed by atoms with Crippen molar-refractivity contribution >= 4 is 26.6 Å². The van der Waals surface area contributed by atoms with Crippen LogP contribution in [0.1, 0.15) is 48.6 Å². The molecule has 0 atom stereocenters. The van der Waals surface area contributed by atoms with Crippen LogP contribution >= 0.6 is 0 Å². The average Bonchev–Trinajstić information content (AvgIpc) is 3.29. The first-order valence-corrected chi connectivity index (χ1v) is 15.0. The Hall–Kier alpha value is -2.55. The summed E-state index contributed by atoms with van der Waals surface area (Å²) in [5, 5.41) is 1.10. The second kappa shape index (κ2) is 9.64. The average molecular weight is 523 g/mol. The number of benzene rings is 2. The monoisotopic (exact) mass is 522 g/mol. The van der Waals surface area contributed by atoms with Crippen molar-refractivity contribution in [1.82, 2.24) is 13.8 Å². The molecule has 2 aromatic carbocycles. The molecule has 0 N–H and O–H groups in total. The molecule has 2 fully saturated rings. The first-order chi connectivity index (χ1) is 17.8. The van der Waals surface area contributed by atoms with Crippen LogP contribution in [0.4, 0.5) is 5.69 Å². The van der Waals surface area contributed by atoms with E-state index in [4.69, 9.17) is 4.74 Å². The third-order valence-corrected chi connectivity index (χ3v) is 10.4. The van der Waals surface area contributed by atoms with Gasteiger partial charge < -0.3 is 19.4 Å². The third-order valence-electron chi connectivity index (χ3n) is 8.76. The van der Waals surface area contributed by atoms with Crippen molar-refractivity contribution in [2.45, 2.75) is 42.4 Å². The molecule has 6 rings (SSSR count). The van der Waals surface area contributed by atoms with Crippen molar-refractivity contribution in [3.8, 4) is 5.75 Å². The summed E-state index contributed by atoms with van der Waals surface area (Å²) in [6, 6.07) is 11.8. The molecule has 0 radical (unpaired) electrons. The summed E-state index contributed by atoms with van der Waals surface area (Å²) in [5.74, 6) is 1.52. The Bertz CT molecular complexity index is 1400. The van der Waals surface area contributed by atoms with Crippen LogP contribution < -0.4 is 9.64 Å². The highest BCUT2D eigenvalue weighted by Crippen LogP contribution is 2.39. The van der Waals surface area contributed by atoms with Crippen molar-refractivity contribution in [2.24, 2.45) is 0 Å². The van der Waals surface area contributed by atoms with Crippen LogP contribution in [0.25, 0.3) is 10.9 Å². The summed E-state index contributed by atoms with van der Waals surface area (Å²) in [4.78, 5) is 7.12. The number of aromatic nitrogens is 1. The predicted octanol–water partition coefficient (Wildman–Crippen LogP) is 4.33. The van der Waals surface area contributed by atoms with Gasteiger partial charge in [0, 0.05) is 24.7 Å². The SMILES string of the molecule is CN1CCC(c2ccc3c(c2)c(C2CCN(C)CC2)cn3S(=O)(=O)c2ccc3c(c2)OCCN3C)CC1. The van der Waals surface area contributed by atoms with Crippen LogP contribution in [-0.4, -0.2) is 82.7 Å². The Balaban J connectivity index is 1.44. The Morgan fingerprint density at radius 2 is 1.49 bits per heavy atom. The molecule has 4 heterocycles. The van der Waals surface area contributed by atoms with Crippen LogP contribution in [0.3, 0.4) is 0 Å². The zero-order chi connectivity index (χ0) is 25.7. The lowest BCUT2D eigenvalue weighted by Gasteiger charge is -2.30. The van der Waals surface area contributed by atoms with E-state index in [1.54, 1.807) is 12.1 Å². The van der Waals surface area contributed by atoms with E-state index in [0.717, 1.165) is 75.0 Å². The van der Waals surface area contributed by atoms with Crippen molar-refractivity contribution < 1.29 is 13.2 Å². The molecule has 1 aromatic heterocycles. The predicted molar refractivity (Wildman–Crippen MR) is 149 cm³/mol. The van der Waals surface area contributed by atoms with Crippen LogP contribution in [-0.2, 0) is 10.0 Å². The van der Waals surface area contributed by atoms with Crippen molar-refractivity contribution in [3.63, 3.8) is 0 Å². The summed E-state index contributed by atoms with van der Waals surface area (Å²) in [7, 11) is 2.57. The molecule has 0 aliphatic carbocycles. The lowest BCUT2D eigenvalue weighted by Crippen LogP contribution is -2.29. The number of hydrogen-bond acceptors (Lipinski definition) is 6. The molecule has 0 bridgehead atoms. The second-order valence-electron chi connectivity index (χ2n) is 11.2. The Morgan fingerprint density at radius 1 is 0.811 bits per heavy atom. The Labute approximate surface area is 220 Å². The summed E-state index contributed by atoms with van der Waals surface area (Å²) >= 11 is 0. The minimum atomic E-state index is -3.79. The normalized spacial score (nSPS) is 20.8. The second-order valence-corrected chi connectivity index (χ2v) is 13.0. The Kier molecular flexibility index (Phi) is 6.45. The summed E-state index contributed by atoms with van der Waals surface area (Å²) < 4.78 is 35.5. The molecule has 2 saturated heterocycles. The molecule has 0 amide bonds. The van der Waals surface area contributed by atoms with E-state index < -0.39 is 10.0 Å². The van der Waals surface area contributed by atoms with Crippen molar-refractivity contribution in [3.05, 3.63) is 53.7 Å². The maximum atomic E-state index is 14.1. The molecule has 0 saturated carbocycles. The van der Waals surface area contributed by atoms with Gasteiger partial charge in [0.25, 0.3) is 10.0 Å². The van der Waals surface area contributed by atoms with E-state index in [2.05, 4.69) is 40.9 Å². The number of fused-ring (bicyclic) bond motifs is 2. The Morgan fingerprint density at radius 3 is 2.19 bits per heavy atom. The van der Waals surface area contributed by atoms with Crippen molar-refractivity contribution in [2.75, 3.05) is 65.4 Å². The van der Waals surface area contributed by atoms with E-state index in [9.17, 15) is 8.42 Å². The topological polar surface area (TPSA) is 58.0 Å². The maximum absolute atomic E-state index is 14.1. The molecule has 3 aromatic rings. The largest absolute Gasteiger partial charge is 0.490 e. The van der Waals surface area contributed by atoms with Crippen LogP contribution in [0, 0.1) is 0 Å². The number of anilines is 1. The molecule has 3 aliphatic heterocycles. The molecule has 8 heteroatoms. The highest BCUT2D eigenvalue weighted by Gasteiger charge is 2.29. The van der Waals surface area contributed by atoms with Gasteiger partial charge >= 0.3 is 0 Å². The lowest BCUT2D eigenvalue weighted by molar-refractivity contribution is 0.255. The van der Waals surface area contributed by atoms with Gasteiger partial charge in [0.15, 0.2) is 0 Å². The minimum absolute atomic E-state index is 0.271. The van der Waals surface area contributed by atoms with Gasteiger partial charge in [0.05, 0.1) is 22.6 Å². The molecular formula is C29H38N4O3S. The molecule has 7 nitrogen and oxygen atoms in total. The van der Waals surface area contributed by atoms with E-state index in [-0.39, 0.29) is 4.90 Å². The highest BCUT2D eigenvalue weighted by molar-refractivity contribution is 7.90. The van der Waals surface area contributed by atoms with Gasteiger partial charge in [-0.25, -0.2) is 12.4 Å². The number of hydrogen-bond donors (Lipinski definition) is 0. The molecule has 37 heavy (non-hydrogen) atoms. The first-order valence-electron chi connectivity index (χ1n) is 13.6. The van der Waals surface area contributed by atoms with Crippen molar-refractivity contribution in [1.29, 1.82) is 0 Å². The fourth-order valence-corrected chi connectivity index (χ4v) is 7.69. The third kappa shape index (κ3) is 4.53. The zero-order valence-electron chi connectivity index (χ0n) is 22.2. The van der Waals surface area contributed by atoms with Crippen LogP contribution in [0.5, 0.6) is 5.75 Å². The quantitative estimate of drug-likeness (QED) is 0.509. The maximum Gasteiger partial charge on any atom is 0.268 e. The summed E-state index contributed by atoms with van der Waals surface area (Å²) in [5.41, 5.74) is 4.23. The van der Waals surface area contributed by atoms with E-state index in [1.165, 1.54) is 15.1 Å². The standard InChI is InChI=1S/C29H38N4O3S/c1-30-12-8-21(9-13-30)23-4-6-27-25(18-23)26(22-10-14-31(2)15-11-22)20-33(27)37(34,35)24-5-7-28-29(19-24)36-17-16-32(28)3/h4-7,18-22H,8-17H2,1-3H3. The molecule has 198 valence electrons. The number of rotatable bonds is 4. The first kappa shape index (κ1) is 24.8. The molecule has 3 aliphatic rings. The van der Waals surface area contributed by atoms with E-state index >= 15 is 0 Å². The summed E-state index contributed by atoms with van der Waals surface area (Å²) in [6.45, 7) is 5.63. The number of nitrogens with zero attached hydrogens (tertiary/aromatic N) is 4. The highest BCUT2D eigenvalue weighted by atomic mass is 32.2. The number of likely N-dealkylation sites (tertiary alicyclic amines) is 2. The fourth-order valence-electron chi connectivity index (χ4n) is 6.29. The van der Waals surface area contributed by atoms with Gasteiger partial charge in [0.2, 0.25) is 0 Å². The fraction of sp³-hybridized carbons (Fsp3) is 0.517. The van der Waals surface area contributed by atoms with Gasteiger partial charge in [-0.05, 0) is 113 Å². The van der Waals surface area contributed by atoms with Crippen LogP contribution in [0.15, 0.2) is 47.5 Å². The molecule has 0 unspecified atom stereocenters. The number of piperidine rings is 2. The van der Waals surface area contributed by atoms with Gasteiger partial charge in [-0.1, -0.05) is 6.07 Å². The van der Waals surface area contributed by atoms with Gasteiger partial charge in [-0.3, -0.25) is 0 Å². The van der Waals surface area contributed by atoms with E-state index in [1.807, 2.05) is 25.4 Å². The van der Waals surface area contributed by atoms with E-state index in [0.29, 0.717) is 24.2 Å². The van der Waals surface area contributed by atoms with Crippen LogP contribution in [0.2, 0.25) is 0 Å². The molecular weight excluding hydrogens is 484 g/mol. The lowest BCUT2D eigenvalue weighted by atomic mass is 9.86. The van der Waals surface area contributed by atoms with Gasteiger partial charge in [0.1, 0.15) is 12.4 Å². The van der Waals surface area contributed by atoms with Gasteiger partial charge in [-0.2, -0.15) is 0 Å². The smallest absolute Gasteiger partial charge is 0.268 e.